The van der Waals surface area contributed by atoms with Crippen LogP contribution in [-0.4, -0.2) is 56.0 Å². The van der Waals surface area contributed by atoms with E-state index in [1.165, 1.54) is 6.20 Å². The molecule has 8 nitrogen and oxygen atoms in total. The highest BCUT2D eigenvalue weighted by Gasteiger charge is 2.22. The van der Waals surface area contributed by atoms with Gasteiger partial charge in [0.1, 0.15) is 23.9 Å². The lowest BCUT2D eigenvalue weighted by Gasteiger charge is -2.17. The number of halogens is 1. The normalized spacial score (nSPS) is 9.83. The van der Waals surface area contributed by atoms with Crippen LogP contribution in [0.25, 0.3) is 0 Å². The van der Waals surface area contributed by atoms with E-state index >= 15 is 0 Å². The summed E-state index contributed by atoms with van der Waals surface area (Å²) < 4.78 is 0. The van der Waals surface area contributed by atoms with Crippen molar-refractivity contribution in [2.24, 2.45) is 0 Å². The molecule has 96 valence electrons. The molecule has 0 unspecified atom stereocenters. The van der Waals surface area contributed by atoms with E-state index in [4.69, 9.17) is 21.8 Å². The van der Waals surface area contributed by atoms with Crippen LogP contribution in [0.3, 0.4) is 0 Å². The standard InChI is InChI=1S/C9H8ClN3O5/c10-6-2-11-1-5(12-6)9(18)13(3-7(14)15)4-8(16)17/h1-2H,3-4H2,(H,14,15)(H,16,17). The van der Waals surface area contributed by atoms with Crippen LogP contribution in [0.4, 0.5) is 0 Å². The molecule has 2 N–H and O–H groups in total. The average molecular weight is 274 g/mol. The number of aliphatic carboxylic acids is 2. The van der Waals surface area contributed by atoms with Crippen molar-refractivity contribution in [3.63, 3.8) is 0 Å². The molecule has 0 aliphatic rings. The Morgan fingerprint density at radius 3 is 2.17 bits per heavy atom. The van der Waals surface area contributed by atoms with Crippen LogP contribution in [0.2, 0.25) is 5.15 Å². The molecule has 1 rings (SSSR count). The molecule has 18 heavy (non-hydrogen) atoms. The monoisotopic (exact) mass is 273 g/mol. The largest absolute Gasteiger partial charge is 0.480 e. The summed E-state index contributed by atoms with van der Waals surface area (Å²) >= 11 is 5.53. The number of carboxylic acid groups (broad SMARTS) is 2. The van der Waals surface area contributed by atoms with E-state index in [1.807, 2.05) is 0 Å². The Hall–Kier alpha value is -2.22. The number of aromatic nitrogens is 2. The fourth-order valence-electron chi connectivity index (χ4n) is 1.13. The van der Waals surface area contributed by atoms with Crippen molar-refractivity contribution in [3.8, 4) is 0 Å². The molecule has 0 bridgehead atoms. The molecule has 0 saturated carbocycles. The minimum absolute atomic E-state index is 0.0496. The zero-order chi connectivity index (χ0) is 13.7. The molecule has 1 heterocycles. The van der Waals surface area contributed by atoms with Crippen molar-refractivity contribution >= 4 is 29.4 Å². The maximum atomic E-state index is 11.8. The van der Waals surface area contributed by atoms with Crippen LogP contribution >= 0.6 is 11.6 Å². The van der Waals surface area contributed by atoms with Crippen molar-refractivity contribution in [2.75, 3.05) is 13.1 Å². The highest BCUT2D eigenvalue weighted by Crippen LogP contribution is 2.05. The summed E-state index contributed by atoms with van der Waals surface area (Å²) in [5.41, 5.74) is -0.218. The summed E-state index contributed by atoms with van der Waals surface area (Å²) in [6.45, 7) is -1.50. The van der Waals surface area contributed by atoms with E-state index in [9.17, 15) is 14.4 Å². The van der Waals surface area contributed by atoms with Crippen LogP contribution in [0, 0.1) is 0 Å². The molecular weight excluding hydrogens is 266 g/mol. The van der Waals surface area contributed by atoms with Gasteiger partial charge in [0, 0.05) is 0 Å². The molecular formula is C9H8ClN3O5. The van der Waals surface area contributed by atoms with Gasteiger partial charge in [0.25, 0.3) is 5.91 Å². The molecule has 0 fully saturated rings. The maximum absolute atomic E-state index is 11.8. The number of carbonyl (C=O) groups is 3. The second kappa shape index (κ2) is 5.92. The van der Waals surface area contributed by atoms with Crippen molar-refractivity contribution < 1.29 is 24.6 Å². The highest BCUT2D eigenvalue weighted by atomic mass is 35.5. The van der Waals surface area contributed by atoms with Crippen LogP contribution < -0.4 is 0 Å². The van der Waals surface area contributed by atoms with Crippen LogP contribution in [-0.2, 0) is 9.59 Å². The van der Waals surface area contributed by atoms with Gasteiger partial charge in [-0.2, -0.15) is 0 Å². The van der Waals surface area contributed by atoms with Gasteiger partial charge in [-0.25, -0.2) is 4.98 Å². The molecule has 1 aromatic heterocycles. The predicted octanol–water partition coefficient (Wildman–Crippen LogP) is -0.259. The molecule has 0 spiro atoms. The first-order chi connectivity index (χ1) is 8.40. The van der Waals surface area contributed by atoms with Gasteiger partial charge in [-0.15, -0.1) is 0 Å². The third-order valence-corrected chi connectivity index (χ3v) is 1.95. The Morgan fingerprint density at radius 1 is 1.17 bits per heavy atom. The lowest BCUT2D eigenvalue weighted by molar-refractivity contribution is -0.140. The molecule has 9 heteroatoms. The minimum Gasteiger partial charge on any atom is -0.480 e. The quantitative estimate of drug-likeness (QED) is 0.758. The van der Waals surface area contributed by atoms with E-state index in [0.29, 0.717) is 4.90 Å². The summed E-state index contributed by atoms with van der Waals surface area (Å²) in [6.07, 6.45) is 2.27. The molecule has 1 amide bonds. The highest BCUT2D eigenvalue weighted by molar-refractivity contribution is 6.29. The first-order valence-electron chi connectivity index (χ1n) is 4.60. The van der Waals surface area contributed by atoms with Crippen LogP contribution in [0.15, 0.2) is 12.4 Å². The third-order valence-electron chi connectivity index (χ3n) is 1.76. The Labute approximate surface area is 106 Å². The smallest absolute Gasteiger partial charge is 0.323 e. The van der Waals surface area contributed by atoms with Gasteiger partial charge in [0.15, 0.2) is 0 Å². The Kier molecular flexibility index (Phi) is 4.55. The van der Waals surface area contributed by atoms with Crippen molar-refractivity contribution in [1.82, 2.24) is 14.9 Å². The van der Waals surface area contributed by atoms with Crippen molar-refractivity contribution in [2.45, 2.75) is 0 Å². The zero-order valence-corrected chi connectivity index (χ0v) is 9.66. The maximum Gasteiger partial charge on any atom is 0.323 e. The number of carbonyl (C=O) groups excluding carboxylic acids is 1. The number of hydrogen-bond acceptors (Lipinski definition) is 5. The van der Waals surface area contributed by atoms with E-state index in [0.717, 1.165) is 6.20 Å². The van der Waals surface area contributed by atoms with Crippen LogP contribution in [0.5, 0.6) is 0 Å². The number of carboxylic acids is 2. The first kappa shape index (κ1) is 13.8. The fourth-order valence-corrected chi connectivity index (χ4v) is 1.28. The molecule has 0 saturated heterocycles. The van der Waals surface area contributed by atoms with Gasteiger partial charge in [-0.05, 0) is 0 Å². The van der Waals surface area contributed by atoms with Crippen molar-refractivity contribution in [1.29, 1.82) is 0 Å². The number of hydrogen-bond donors (Lipinski definition) is 2. The number of nitrogens with zero attached hydrogens (tertiary/aromatic N) is 3. The van der Waals surface area contributed by atoms with Gasteiger partial charge >= 0.3 is 11.9 Å². The van der Waals surface area contributed by atoms with E-state index in [1.54, 1.807) is 0 Å². The second-order valence-electron chi connectivity index (χ2n) is 3.18. The first-order valence-corrected chi connectivity index (χ1v) is 4.98. The Balaban J connectivity index is 2.94. The van der Waals surface area contributed by atoms with Crippen molar-refractivity contribution in [3.05, 3.63) is 23.2 Å². The summed E-state index contributed by atoms with van der Waals surface area (Å²) in [7, 11) is 0. The minimum atomic E-state index is -1.33. The fraction of sp³-hybridized carbons (Fsp3) is 0.222. The van der Waals surface area contributed by atoms with Gasteiger partial charge in [0.2, 0.25) is 0 Å². The number of rotatable bonds is 5. The topological polar surface area (TPSA) is 121 Å². The van der Waals surface area contributed by atoms with E-state index < -0.39 is 30.9 Å². The van der Waals surface area contributed by atoms with Crippen LogP contribution in [0.1, 0.15) is 10.5 Å². The second-order valence-corrected chi connectivity index (χ2v) is 3.56. The molecule has 0 atom stereocenters. The van der Waals surface area contributed by atoms with Gasteiger partial charge in [-0.3, -0.25) is 19.4 Å². The molecule has 0 aliphatic carbocycles. The Morgan fingerprint density at radius 2 is 1.72 bits per heavy atom. The van der Waals surface area contributed by atoms with E-state index in [-0.39, 0.29) is 10.8 Å². The van der Waals surface area contributed by atoms with Gasteiger partial charge < -0.3 is 15.1 Å². The third kappa shape index (κ3) is 3.98. The summed E-state index contributed by atoms with van der Waals surface area (Å²) in [5, 5.41) is 17.1. The Bertz CT molecular complexity index is 477. The van der Waals surface area contributed by atoms with Gasteiger partial charge in [-0.1, -0.05) is 11.6 Å². The number of amides is 1. The molecule has 0 aromatic carbocycles. The zero-order valence-electron chi connectivity index (χ0n) is 8.91. The predicted molar refractivity (Wildman–Crippen MR) is 58.2 cm³/mol. The lowest BCUT2D eigenvalue weighted by Crippen LogP contribution is -2.39. The van der Waals surface area contributed by atoms with E-state index in [2.05, 4.69) is 9.97 Å². The summed E-state index contributed by atoms with van der Waals surface area (Å²) in [4.78, 5) is 40.8. The summed E-state index contributed by atoms with van der Waals surface area (Å²) in [5.74, 6) is -3.53. The summed E-state index contributed by atoms with van der Waals surface area (Å²) in [6, 6.07) is 0. The molecule has 0 radical (unpaired) electrons. The molecule has 1 aromatic rings. The average Bonchev–Trinajstić information content (AvgIpc) is 2.26. The van der Waals surface area contributed by atoms with Gasteiger partial charge in [0.05, 0.1) is 12.4 Å². The lowest BCUT2D eigenvalue weighted by atomic mass is 10.3. The SMILES string of the molecule is O=C(O)CN(CC(=O)O)C(=O)c1cncc(Cl)n1. The molecule has 0 aliphatic heterocycles.